The third kappa shape index (κ3) is 4.10. The summed E-state index contributed by atoms with van der Waals surface area (Å²) in [7, 11) is 0. The lowest BCUT2D eigenvalue weighted by molar-refractivity contribution is 0.0900. The van der Waals surface area contributed by atoms with Crippen molar-refractivity contribution in [3.63, 3.8) is 0 Å². The van der Waals surface area contributed by atoms with E-state index in [2.05, 4.69) is 4.98 Å². The van der Waals surface area contributed by atoms with Gasteiger partial charge in [0.05, 0.1) is 26.0 Å². The summed E-state index contributed by atoms with van der Waals surface area (Å²) in [6, 6.07) is 10.0. The van der Waals surface area contributed by atoms with Crippen LogP contribution in [0.1, 0.15) is 10.6 Å². The smallest absolute Gasteiger partial charge is 0.194 e. The molecule has 2 rings (SSSR count). The van der Waals surface area contributed by atoms with Crippen LogP contribution in [0.25, 0.3) is 0 Å². The maximum atomic E-state index is 8.85. The Morgan fingerprint density at radius 3 is 2.72 bits per heavy atom. The molecule has 1 aromatic heterocycles. The largest absolute Gasteiger partial charge is 0.480 e. The highest BCUT2D eigenvalue weighted by Crippen LogP contribution is 2.20. The van der Waals surface area contributed by atoms with E-state index in [4.69, 9.17) is 14.6 Å². The average molecular weight is 265 g/mol. The van der Waals surface area contributed by atoms with Gasteiger partial charge in [-0.15, -0.1) is 0 Å². The third-order valence-electron chi connectivity index (χ3n) is 2.25. The molecule has 0 amide bonds. The van der Waals surface area contributed by atoms with Crippen LogP contribution in [-0.2, 0) is 18.0 Å². The number of aliphatic hydroxyl groups excluding tert-OH is 1. The topological polar surface area (TPSA) is 51.6 Å². The van der Waals surface area contributed by atoms with Gasteiger partial charge < -0.3 is 14.6 Å². The average Bonchev–Trinajstić information content (AvgIpc) is 2.87. The highest BCUT2D eigenvalue weighted by molar-refractivity contribution is 7.13. The molecule has 2 aromatic rings. The van der Waals surface area contributed by atoms with E-state index in [1.807, 2.05) is 30.3 Å². The van der Waals surface area contributed by atoms with E-state index < -0.39 is 0 Å². The van der Waals surface area contributed by atoms with E-state index in [1.54, 1.807) is 6.20 Å². The predicted molar refractivity (Wildman–Crippen MR) is 69.6 cm³/mol. The summed E-state index contributed by atoms with van der Waals surface area (Å²) < 4.78 is 10.9. The van der Waals surface area contributed by atoms with Gasteiger partial charge in [-0.2, -0.15) is 0 Å². The third-order valence-corrected chi connectivity index (χ3v) is 3.15. The molecule has 5 heteroatoms. The second-order valence-corrected chi connectivity index (χ2v) is 4.70. The lowest BCUT2D eigenvalue weighted by Crippen LogP contribution is -2.05. The van der Waals surface area contributed by atoms with Gasteiger partial charge in [0.15, 0.2) is 5.06 Å². The van der Waals surface area contributed by atoms with Crippen LogP contribution in [0.3, 0.4) is 0 Å². The molecule has 0 saturated carbocycles. The zero-order chi connectivity index (χ0) is 12.6. The quantitative estimate of drug-likeness (QED) is 0.780. The SMILES string of the molecule is OCc1ncc(OCCOCc2ccccc2)s1. The number of aliphatic hydroxyl groups is 1. The lowest BCUT2D eigenvalue weighted by Gasteiger charge is -2.05. The molecule has 0 aliphatic carbocycles. The maximum Gasteiger partial charge on any atom is 0.194 e. The number of ether oxygens (including phenoxy) is 2. The summed E-state index contributed by atoms with van der Waals surface area (Å²) >= 11 is 1.35. The van der Waals surface area contributed by atoms with E-state index in [0.717, 1.165) is 5.56 Å². The van der Waals surface area contributed by atoms with Gasteiger partial charge in [0.25, 0.3) is 0 Å². The summed E-state index contributed by atoms with van der Waals surface area (Å²) in [6.07, 6.45) is 1.62. The van der Waals surface area contributed by atoms with Crippen molar-refractivity contribution in [1.82, 2.24) is 4.98 Å². The molecule has 0 bridgehead atoms. The first kappa shape index (κ1) is 13.0. The molecule has 0 aliphatic heterocycles. The highest BCUT2D eigenvalue weighted by atomic mass is 32.1. The Hall–Kier alpha value is -1.43. The molecule has 1 N–H and O–H groups in total. The molecule has 1 heterocycles. The van der Waals surface area contributed by atoms with E-state index in [-0.39, 0.29) is 6.61 Å². The molecule has 0 fully saturated rings. The summed E-state index contributed by atoms with van der Waals surface area (Å²) in [5, 5.41) is 10.2. The van der Waals surface area contributed by atoms with E-state index in [1.165, 1.54) is 11.3 Å². The lowest BCUT2D eigenvalue weighted by atomic mass is 10.2. The number of rotatable bonds is 7. The van der Waals surface area contributed by atoms with Crippen molar-refractivity contribution in [3.8, 4) is 5.06 Å². The molecule has 4 nitrogen and oxygen atoms in total. The fourth-order valence-corrected chi connectivity index (χ4v) is 2.05. The van der Waals surface area contributed by atoms with Crippen LogP contribution in [0.15, 0.2) is 36.5 Å². The molecule has 18 heavy (non-hydrogen) atoms. The number of thiazole rings is 1. The van der Waals surface area contributed by atoms with Gasteiger partial charge in [-0.3, -0.25) is 0 Å². The summed E-state index contributed by atoms with van der Waals surface area (Å²) in [4.78, 5) is 3.98. The van der Waals surface area contributed by atoms with Crippen molar-refractivity contribution in [2.45, 2.75) is 13.2 Å². The Kier molecular flexibility index (Phi) is 5.14. The van der Waals surface area contributed by atoms with Crippen LogP contribution < -0.4 is 4.74 Å². The van der Waals surface area contributed by atoms with Crippen molar-refractivity contribution in [3.05, 3.63) is 47.1 Å². The Bertz CT molecular complexity index is 458. The van der Waals surface area contributed by atoms with Crippen molar-refractivity contribution >= 4 is 11.3 Å². The molecular formula is C13H15NO3S. The van der Waals surface area contributed by atoms with Crippen molar-refractivity contribution in [2.24, 2.45) is 0 Å². The van der Waals surface area contributed by atoms with Crippen LogP contribution in [0.5, 0.6) is 5.06 Å². The molecule has 0 radical (unpaired) electrons. The van der Waals surface area contributed by atoms with Crippen LogP contribution in [0.2, 0.25) is 0 Å². The van der Waals surface area contributed by atoms with Crippen LogP contribution in [0.4, 0.5) is 0 Å². The van der Waals surface area contributed by atoms with Gasteiger partial charge in [-0.25, -0.2) is 4.98 Å². The summed E-state index contributed by atoms with van der Waals surface area (Å²) in [5.74, 6) is 0. The minimum absolute atomic E-state index is 0.0431. The fourth-order valence-electron chi connectivity index (χ4n) is 1.40. The Labute approximate surface area is 110 Å². The second kappa shape index (κ2) is 7.10. The molecule has 0 aliphatic rings. The van der Waals surface area contributed by atoms with Crippen molar-refractivity contribution in [1.29, 1.82) is 0 Å². The molecule has 0 unspecified atom stereocenters. The molecular weight excluding hydrogens is 250 g/mol. The number of aromatic nitrogens is 1. The first-order valence-corrected chi connectivity index (χ1v) is 6.50. The van der Waals surface area contributed by atoms with Crippen molar-refractivity contribution in [2.75, 3.05) is 13.2 Å². The first-order chi connectivity index (χ1) is 8.88. The summed E-state index contributed by atoms with van der Waals surface area (Å²) in [5.41, 5.74) is 1.15. The van der Waals surface area contributed by atoms with Gasteiger partial charge in [-0.1, -0.05) is 41.7 Å². The Morgan fingerprint density at radius 2 is 2.00 bits per heavy atom. The van der Waals surface area contributed by atoms with Crippen molar-refractivity contribution < 1.29 is 14.6 Å². The molecule has 1 aromatic carbocycles. The van der Waals surface area contributed by atoms with Gasteiger partial charge in [-0.05, 0) is 5.56 Å². The molecule has 0 atom stereocenters. The van der Waals surface area contributed by atoms with Gasteiger partial charge >= 0.3 is 0 Å². The van der Waals surface area contributed by atoms with E-state index in [0.29, 0.717) is 29.9 Å². The van der Waals surface area contributed by atoms with Gasteiger partial charge in [0.1, 0.15) is 11.6 Å². The number of hydrogen-bond donors (Lipinski definition) is 1. The van der Waals surface area contributed by atoms with Crippen LogP contribution in [0, 0.1) is 0 Å². The number of nitrogens with zero attached hydrogens (tertiary/aromatic N) is 1. The minimum atomic E-state index is -0.0431. The second-order valence-electron chi connectivity index (χ2n) is 3.62. The molecule has 0 spiro atoms. The Morgan fingerprint density at radius 1 is 1.17 bits per heavy atom. The summed E-state index contributed by atoms with van der Waals surface area (Å²) in [6.45, 7) is 1.56. The van der Waals surface area contributed by atoms with Crippen LogP contribution >= 0.6 is 11.3 Å². The van der Waals surface area contributed by atoms with Crippen LogP contribution in [-0.4, -0.2) is 23.3 Å². The molecule has 0 saturated heterocycles. The van der Waals surface area contributed by atoms with E-state index in [9.17, 15) is 0 Å². The van der Waals surface area contributed by atoms with Gasteiger partial charge in [0, 0.05) is 0 Å². The maximum absolute atomic E-state index is 8.85. The van der Waals surface area contributed by atoms with E-state index >= 15 is 0 Å². The molecule has 96 valence electrons. The van der Waals surface area contributed by atoms with Gasteiger partial charge in [0.2, 0.25) is 0 Å². The fraction of sp³-hybridized carbons (Fsp3) is 0.308. The zero-order valence-electron chi connectivity index (χ0n) is 9.91. The standard InChI is InChI=1S/C13H15NO3S/c15-9-12-14-8-13(18-12)17-7-6-16-10-11-4-2-1-3-5-11/h1-5,8,15H,6-7,9-10H2. The highest BCUT2D eigenvalue weighted by Gasteiger charge is 2.01. The first-order valence-electron chi connectivity index (χ1n) is 5.68. The number of benzene rings is 1. The predicted octanol–water partition coefficient (Wildman–Crippen LogP) is 2.23. The normalized spacial score (nSPS) is 10.5. The monoisotopic (exact) mass is 265 g/mol. The minimum Gasteiger partial charge on any atom is -0.480 e. The zero-order valence-corrected chi connectivity index (χ0v) is 10.7. The Balaban J connectivity index is 1.61. The number of hydrogen-bond acceptors (Lipinski definition) is 5.